The molecule has 4 fully saturated rings. The molecule has 1 aliphatic heterocycles. The first kappa shape index (κ1) is 32.0. The van der Waals surface area contributed by atoms with Crippen molar-refractivity contribution < 1.29 is 28.7 Å². The maximum atomic E-state index is 14.3. The van der Waals surface area contributed by atoms with E-state index >= 15 is 0 Å². The first-order valence-corrected chi connectivity index (χ1v) is 16.0. The van der Waals surface area contributed by atoms with Gasteiger partial charge in [0.1, 0.15) is 18.2 Å². The Bertz CT molecular complexity index is 1050. The van der Waals surface area contributed by atoms with E-state index in [-0.39, 0.29) is 41.7 Å². The first-order valence-electron chi connectivity index (χ1n) is 16.0. The summed E-state index contributed by atoms with van der Waals surface area (Å²) < 4.78 is 5.77. The van der Waals surface area contributed by atoms with Crippen LogP contribution in [0.5, 0.6) is 0 Å². The van der Waals surface area contributed by atoms with Gasteiger partial charge in [-0.1, -0.05) is 59.5 Å². The van der Waals surface area contributed by atoms with E-state index in [1.54, 1.807) is 4.90 Å². The molecule has 0 aromatic rings. The summed E-state index contributed by atoms with van der Waals surface area (Å²) in [6.07, 6.45) is 9.25. The lowest BCUT2D eigenvalue weighted by atomic mass is 9.83. The molecule has 0 aromatic carbocycles. The average molecular weight is 587 g/mol. The Hall–Kier alpha value is -2.91. The van der Waals surface area contributed by atoms with Crippen LogP contribution in [0.4, 0.5) is 4.79 Å². The summed E-state index contributed by atoms with van der Waals surface area (Å²) in [7, 11) is 0. The van der Waals surface area contributed by atoms with Crippen LogP contribution in [-0.2, 0) is 23.9 Å². The number of hydrogen-bond donors (Lipinski definition) is 3. The molecular weight excluding hydrogens is 536 g/mol. The second-order valence-electron chi connectivity index (χ2n) is 13.5. The molecule has 10 nitrogen and oxygen atoms in total. The van der Waals surface area contributed by atoms with Crippen LogP contribution < -0.4 is 16.0 Å². The van der Waals surface area contributed by atoms with Gasteiger partial charge in [0.15, 0.2) is 0 Å². The highest BCUT2D eigenvalue weighted by molar-refractivity contribution is 6.38. The molecule has 4 amide bonds. The molecule has 0 aromatic heterocycles. The number of nitrogens with zero attached hydrogens (tertiary/aromatic N) is 1. The summed E-state index contributed by atoms with van der Waals surface area (Å²) in [5.74, 6) is -1.82. The lowest BCUT2D eigenvalue weighted by Gasteiger charge is -2.37. The molecule has 42 heavy (non-hydrogen) atoms. The maximum absolute atomic E-state index is 14.3. The van der Waals surface area contributed by atoms with Gasteiger partial charge >= 0.3 is 6.09 Å². The van der Waals surface area contributed by atoms with Crippen LogP contribution in [0.2, 0.25) is 0 Å². The van der Waals surface area contributed by atoms with Gasteiger partial charge in [0.25, 0.3) is 5.91 Å². The standard InChI is InChI=1S/C32H50N4O6/c1-6-12-22(27(37)29(39)33-17-7-2)34-28(38)26-24-21(32(24,4)5)18-36(26)30(40)25(20-14-9-8-10-15-20)35-31(41)42-23-16-11-13-19(23)3/h7,19-26H,2,6,8-18H2,1,3-5H3,(H,33,39)(H,34,38)(H,35,41)/t19-,21-,22?,23-,24-,25-,26-/m0/s1. The van der Waals surface area contributed by atoms with Crippen molar-refractivity contribution in [2.75, 3.05) is 13.1 Å². The topological polar surface area (TPSA) is 134 Å². The molecule has 1 unspecified atom stereocenters. The summed E-state index contributed by atoms with van der Waals surface area (Å²) >= 11 is 0. The zero-order valence-electron chi connectivity index (χ0n) is 25.8. The van der Waals surface area contributed by atoms with Gasteiger partial charge in [-0.15, -0.1) is 6.58 Å². The zero-order valence-corrected chi connectivity index (χ0v) is 25.8. The SMILES string of the molecule is C=CCNC(=O)C(=O)C(CCC)NC(=O)[C@@H]1[C@@H]2[C@H](CN1C(=O)[C@@H](NC(=O)O[C@H]1CCC[C@@H]1C)C1CCCCC1)C2(C)C. The van der Waals surface area contributed by atoms with Gasteiger partial charge in [0.05, 0.1) is 6.04 Å². The van der Waals surface area contributed by atoms with Crippen molar-refractivity contribution in [3.8, 4) is 0 Å². The molecule has 234 valence electrons. The summed E-state index contributed by atoms with van der Waals surface area (Å²) in [5.41, 5.74) is -0.129. The molecule has 1 heterocycles. The van der Waals surface area contributed by atoms with E-state index in [4.69, 9.17) is 4.74 Å². The Morgan fingerprint density at radius 1 is 1.02 bits per heavy atom. The Morgan fingerprint density at radius 2 is 1.74 bits per heavy atom. The van der Waals surface area contributed by atoms with E-state index in [1.165, 1.54) is 6.08 Å². The van der Waals surface area contributed by atoms with E-state index in [1.807, 2.05) is 6.92 Å². The van der Waals surface area contributed by atoms with Gasteiger partial charge in [-0.05, 0) is 67.6 Å². The molecule has 3 saturated carbocycles. The molecule has 3 aliphatic carbocycles. The number of fused-ring (bicyclic) bond motifs is 1. The van der Waals surface area contributed by atoms with E-state index in [0.717, 1.165) is 51.4 Å². The maximum Gasteiger partial charge on any atom is 0.408 e. The highest BCUT2D eigenvalue weighted by Crippen LogP contribution is 2.65. The highest BCUT2D eigenvalue weighted by atomic mass is 16.6. The van der Waals surface area contributed by atoms with Gasteiger partial charge in [-0.25, -0.2) is 4.79 Å². The molecular formula is C32H50N4O6. The van der Waals surface area contributed by atoms with Gasteiger partial charge in [-0.2, -0.15) is 0 Å². The van der Waals surface area contributed by atoms with Crippen LogP contribution in [0.25, 0.3) is 0 Å². The van der Waals surface area contributed by atoms with Crippen LogP contribution in [0.1, 0.15) is 91.9 Å². The van der Waals surface area contributed by atoms with E-state index in [9.17, 15) is 24.0 Å². The van der Waals surface area contributed by atoms with Crippen LogP contribution in [-0.4, -0.2) is 71.8 Å². The van der Waals surface area contributed by atoms with Gasteiger partial charge in [-0.3, -0.25) is 19.2 Å². The average Bonchev–Trinajstić information content (AvgIpc) is 3.30. The fourth-order valence-corrected chi connectivity index (χ4v) is 7.65. The van der Waals surface area contributed by atoms with Crippen LogP contribution in [0, 0.1) is 29.1 Å². The number of nitrogens with one attached hydrogen (secondary N) is 3. The molecule has 0 radical (unpaired) electrons. The third-order valence-electron chi connectivity index (χ3n) is 10.3. The van der Waals surface area contributed by atoms with E-state index < -0.39 is 41.8 Å². The summed E-state index contributed by atoms with van der Waals surface area (Å²) in [6.45, 7) is 12.3. The summed E-state index contributed by atoms with van der Waals surface area (Å²) in [5, 5.41) is 8.26. The minimum atomic E-state index is -0.985. The fraction of sp³-hybridized carbons (Fsp3) is 0.781. The predicted molar refractivity (Wildman–Crippen MR) is 158 cm³/mol. The smallest absolute Gasteiger partial charge is 0.408 e. The monoisotopic (exact) mass is 586 g/mol. The number of alkyl carbamates (subject to hydrolysis) is 1. The van der Waals surface area contributed by atoms with Crippen molar-refractivity contribution >= 4 is 29.6 Å². The van der Waals surface area contributed by atoms with Crippen LogP contribution >= 0.6 is 0 Å². The minimum Gasteiger partial charge on any atom is -0.446 e. The normalized spacial score (nSPS) is 29.5. The number of likely N-dealkylation sites (tertiary alicyclic amines) is 1. The number of rotatable bonds is 12. The number of ketones is 1. The minimum absolute atomic E-state index is 0.0311. The lowest BCUT2D eigenvalue weighted by Crippen LogP contribution is -2.59. The lowest BCUT2D eigenvalue weighted by molar-refractivity contribution is -0.145. The molecule has 3 N–H and O–H groups in total. The highest BCUT2D eigenvalue weighted by Gasteiger charge is 2.69. The Labute approximate surface area is 250 Å². The zero-order chi connectivity index (χ0) is 30.6. The number of hydrogen-bond acceptors (Lipinski definition) is 6. The third kappa shape index (κ3) is 6.83. The summed E-state index contributed by atoms with van der Waals surface area (Å²) in [4.78, 5) is 68.2. The quantitative estimate of drug-likeness (QED) is 0.237. The number of carbonyl (C=O) groups excluding carboxylic acids is 5. The molecule has 1 saturated heterocycles. The van der Waals surface area contributed by atoms with Crippen molar-refractivity contribution in [1.82, 2.24) is 20.9 Å². The number of Topliss-reactive ketones (excluding diaryl/α,β-unsaturated/α-hetero) is 1. The van der Waals surface area contributed by atoms with Gasteiger partial charge in [0, 0.05) is 13.1 Å². The molecule has 0 spiro atoms. The van der Waals surface area contributed by atoms with Gasteiger partial charge < -0.3 is 25.6 Å². The van der Waals surface area contributed by atoms with Crippen molar-refractivity contribution in [3.05, 3.63) is 12.7 Å². The van der Waals surface area contributed by atoms with E-state index in [2.05, 4.69) is 43.3 Å². The first-order chi connectivity index (χ1) is 20.0. The van der Waals surface area contributed by atoms with Crippen molar-refractivity contribution in [3.63, 3.8) is 0 Å². The second-order valence-corrected chi connectivity index (χ2v) is 13.5. The number of amides is 4. The Kier molecular flexibility index (Phi) is 10.4. The number of carbonyl (C=O) groups is 5. The van der Waals surface area contributed by atoms with Crippen molar-refractivity contribution in [1.29, 1.82) is 0 Å². The Balaban J connectivity index is 1.52. The van der Waals surface area contributed by atoms with Crippen LogP contribution in [0.15, 0.2) is 12.7 Å². The van der Waals surface area contributed by atoms with Crippen molar-refractivity contribution in [2.24, 2.45) is 29.1 Å². The fourth-order valence-electron chi connectivity index (χ4n) is 7.65. The molecule has 4 aliphatic rings. The third-order valence-corrected chi connectivity index (χ3v) is 10.3. The van der Waals surface area contributed by atoms with Crippen molar-refractivity contribution in [2.45, 2.75) is 116 Å². The summed E-state index contributed by atoms with van der Waals surface area (Å²) in [6, 6.07) is -2.54. The van der Waals surface area contributed by atoms with Crippen LogP contribution in [0.3, 0.4) is 0 Å². The predicted octanol–water partition coefficient (Wildman–Crippen LogP) is 3.49. The van der Waals surface area contributed by atoms with Gasteiger partial charge in [0.2, 0.25) is 17.6 Å². The molecule has 0 bridgehead atoms. The second kappa shape index (κ2) is 13.6. The largest absolute Gasteiger partial charge is 0.446 e. The Morgan fingerprint density at radius 3 is 2.36 bits per heavy atom. The molecule has 4 rings (SSSR count). The number of ether oxygens (including phenoxy) is 1. The van der Waals surface area contributed by atoms with E-state index in [0.29, 0.717) is 25.3 Å². The molecule has 10 heteroatoms. The molecule has 7 atom stereocenters. The number of piperidine rings is 1.